The number of nitrogens with zero attached hydrogens (tertiary/aromatic N) is 1. The quantitative estimate of drug-likeness (QED) is 0.702. The molecule has 0 spiro atoms. The van der Waals surface area contributed by atoms with Gasteiger partial charge >= 0.3 is 0 Å². The van der Waals surface area contributed by atoms with E-state index in [9.17, 15) is 15.0 Å². The summed E-state index contributed by atoms with van der Waals surface area (Å²) in [5.41, 5.74) is 0.199. The molecule has 0 fully saturated rings. The van der Waals surface area contributed by atoms with Crippen molar-refractivity contribution in [1.82, 2.24) is 4.90 Å². The maximum atomic E-state index is 11.6. The minimum Gasteiger partial charge on any atom is -0.508 e. The van der Waals surface area contributed by atoms with Crippen LogP contribution in [0.15, 0.2) is 18.2 Å². The van der Waals surface area contributed by atoms with Gasteiger partial charge in [-0.25, -0.2) is 0 Å². The van der Waals surface area contributed by atoms with Crippen molar-refractivity contribution >= 4 is 5.91 Å². The van der Waals surface area contributed by atoms with Crippen LogP contribution in [0.3, 0.4) is 0 Å². The molecule has 1 rings (SSSR count). The number of carbonyl (C=O) groups is 1. The van der Waals surface area contributed by atoms with Crippen LogP contribution in [0.4, 0.5) is 0 Å². The highest BCUT2D eigenvalue weighted by atomic mass is 16.3. The van der Waals surface area contributed by atoms with E-state index in [1.807, 2.05) is 0 Å². The summed E-state index contributed by atoms with van der Waals surface area (Å²) in [7, 11) is 1.54. The van der Waals surface area contributed by atoms with Crippen molar-refractivity contribution in [2.24, 2.45) is 0 Å². The second kappa shape index (κ2) is 4.38. The van der Waals surface area contributed by atoms with Gasteiger partial charge in [-0.2, -0.15) is 0 Å². The zero-order valence-electron chi connectivity index (χ0n) is 8.27. The van der Waals surface area contributed by atoms with E-state index in [0.717, 1.165) is 6.07 Å². The van der Waals surface area contributed by atoms with E-state index in [1.54, 1.807) is 7.05 Å². The molecule has 0 radical (unpaired) electrons. The van der Waals surface area contributed by atoms with E-state index in [2.05, 4.69) is 5.92 Å². The Hall–Kier alpha value is -2.15. The number of amides is 1. The van der Waals surface area contributed by atoms with Crippen molar-refractivity contribution in [2.75, 3.05) is 13.6 Å². The SMILES string of the molecule is C#CCN(C)C(=O)c1cc(O)cc(O)c1. The molecular weight excluding hydrogens is 194 g/mol. The van der Waals surface area contributed by atoms with Gasteiger partial charge in [0.15, 0.2) is 0 Å². The van der Waals surface area contributed by atoms with Crippen LogP contribution < -0.4 is 0 Å². The fourth-order valence-corrected chi connectivity index (χ4v) is 1.15. The number of carbonyl (C=O) groups excluding carboxylic acids is 1. The standard InChI is InChI=1S/C11H11NO3/c1-3-4-12(2)11(15)8-5-9(13)7-10(14)6-8/h1,5-7,13-14H,4H2,2H3. The topological polar surface area (TPSA) is 60.8 Å². The third kappa shape index (κ3) is 2.64. The lowest BCUT2D eigenvalue weighted by Crippen LogP contribution is -2.26. The monoisotopic (exact) mass is 205 g/mol. The Morgan fingerprint density at radius 3 is 2.40 bits per heavy atom. The van der Waals surface area contributed by atoms with Gasteiger partial charge in [0.25, 0.3) is 5.91 Å². The van der Waals surface area contributed by atoms with Crippen molar-refractivity contribution in [1.29, 1.82) is 0 Å². The van der Waals surface area contributed by atoms with Crippen molar-refractivity contribution in [3.63, 3.8) is 0 Å². The van der Waals surface area contributed by atoms with Crippen LogP contribution in [-0.4, -0.2) is 34.6 Å². The molecule has 0 saturated carbocycles. The second-order valence-electron chi connectivity index (χ2n) is 3.10. The smallest absolute Gasteiger partial charge is 0.254 e. The molecule has 15 heavy (non-hydrogen) atoms. The highest BCUT2D eigenvalue weighted by molar-refractivity contribution is 5.95. The molecule has 0 aliphatic heterocycles. The van der Waals surface area contributed by atoms with E-state index in [1.165, 1.54) is 17.0 Å². The molecule has 4 nitrogen and oxygen atoms in total. The molecule has 4 heteroatoms. The third-order valence-electron chi connectivity index (χ3n) is 1.82. The van der Waals surface area contributed by atoms with Crippen LogP contribution in [0.5, 0.6) is 11.5 Å². The number of phenols is 2. The Morgan fingerprint density at radius 1 is 1.40 bits per heavy atom. The van der Waals surface area contributed by atoms with Crippen molar-refractivity contribution < 1.29 is 15.0 Å². The van der Waals surface area contributed by atoms with Gasteiger partial charge < -0.3 is 15.1 Å². The molecule has 0 heterocycles. The third-order valence-corrected chi connectivity index (χ3v) is 1.82. The minimum atomic E-state index is -0.348. The van der Waals surface area contributed by atoms with Gasteiger partial charge in [0.1, 0.15) is 11.5 Å². The summed E-state index contributed by atoms with van der Waals surface area (Å²) >= 11 is 0. The van der Waals surface area contributed by atoms with E-state index < -0.39 is 0 Å². The Kier molecular flexibility index (Phi) is 3.19. The molecule has 0 atom stereocenters. The molecule has 0 unspecified atom stereocenters. The van der Waals surface area contributed by atoms with Gasteiger partial charge in [0.05, 0.1) is 6.54 Å². The number of aromatic hydroxyl groups is 2. The summed E-state index contributed by atoms with van der Waals surface area (Å²) in [6.45, 7) is 0.176. The molecule has 78 valence electrons. The molecule has 0 aromatic heterocycles. The lowest BCUT2D eigenvalue weighted by Gasteiger charge is -2.13. The zero-order chi connectivity index (χ0) is 11.4. The predicted molar refractivity (Wildman–Crippen MR) is 55.6 cm³/mol. The lowest BCUT2D eigenvalue weighted by molar-refractivity contribution is 0.0811. The normalized spacial score (nSPS) is 9.33. The molecule has 1 aromatic rings. The molecule has 0 aliphatic carbocycles. The fraction of sp³-hybridized carbons (Fsp3) is 0.182. The molecule has 1 aromatic carbocycles. The Bertz CT molecular complexity index is 400. The summed E-state index contributed by atoms with van der Waals surface area (Å²) in [4.78, 5) is 13.0. The first-order valence-electron chi connectivity index (χ1n) is 4.26. The summed E-state index contributed by atoms with van der Waals surface area (Å²) in [5.74, 6) is 1.66. The lowest BCUT2D eigenvalue weighted by atomic mass is 10.2. The van der Waals surface area contributed by atoms with E-state index in [4.69, 9.17) is 6.42 Å². The number of hydrogen-bond donors (Lipinski definition) is 2. The predicted octanol–water partition coefficient (Wildman–Crippen LogP) is 0.803. The van der Waals surface area contributed by atoms with Crippen LogP contribution in [0.1, 0.15) is 10.4 Å². The number of terminal acetylenes is 1. The first-order valence-corrected chi connectivity index (χ1v) is 4.26. The Morgan fingerprint density at radius 2 is 1.93 bits per heavy atom. The first-order chi connectivity index (χ1) is 7.04. The number of phenolic OH excluding ortho intramolecular Hbond substituents is 2. The average molecular weight is 205 g/mol. The molecular formula is C11H11NO3. The maximum Gasteiger partial charge on any atom is 0.254 e. The molecule has 1 amide bonds. The maximum absolute atomic E-state index is 11.6. The van der Waals surface area contributed by atoms with Crippen LogP contribution in [0, 0.1) is 12.3 Å². The van der Waals surface area contributed by atoms with E-state index in [-0.39, 0.29) is 29.5 Å². The summed E-state index contributed by atoms with van der Waals surface area (Å²) in [6, 6.07) is 3.70. The zero-order valence-corrected chi connectivity index (χ0v) is 8.27. The van der Waals surface area contributed by atoms with Crippen LogP contribution >= 0.6 is 0 Å². The summed E-state index contributed by atoms with van der Waals surface area (Å²) in [5, 5.41) is 18.4. The highest BCUT2D eigenvalue weighted by Crippen LogP contribution is 2.21. The van der Waals surface area contributed by atoms with Crippen molar-refractivity contribution in [3.8, 4) is 23.8 Å². The number of rotatable bonds is 2. The van der Waals surface area contributed by atoms with Crippen LogP contribution in [0.2, 0.25) is 0 Å². The van der Waals surface area contributed by atoms with E-state index in [0.29, 0.717) is 0 Å². The Labute approximate surface area is 87.8 Å². The van der Waals surface area contributed by atoms with Gasteiger partial charge in [-0.15, -0.1) is 6.42 Å². The summed E-state index contributed by atoms with van der Waals surface area (Å²) in [6.07, 6.45) is 5.06. The van der Waals surface area contributed by atoms with Gasteiger partial charge in [0, 0.05) is 18.7 Å². The first kappa shape index (κ1) is 10.9. The summed E-state index contributed by atoms with van der Waals surface area (Å²) < 4.78 is 0. The van der Waals surface area contributed by atoms with Gasteiger partial charge in [-0.1, -0.05) is 5.92 Å². The van der Waals surface area contributed by atoms with E-state index >= 15 is 0 Å². The van der Waals surface area contributed by atoms with Gasteiger partial charge in [0.2, 0.25) is 0 Å². The van der Waals surface area contributed by atoms with Crippen molar-refractivity contribution in [3.05, 3.63) is 23.8 Å². The largest absolute Gasteiger partial charge is 0.508 e. The van der Waals surface area contributed by atoms with Crippen LogP contribution in [-0.2, 0) is 0 Å². The molecule has 0 bridgehead atoms. The number of hydrogen-bond acceptors (Lipinski definition) is 3. The van der Waals surface area contributed by atoms with Crippen LogP contribution in [0.25, 0.3) is 0 Å². The van der Waals surface area contributed by atoms with Gasteiger partial charge in [-0.05, 0) is 12.1 Å². The highest BCUT2D eigenvalue weighted by Gasteiger charge is 2.12. The van der Waals surface area contributed by atoms with Gasteiger partial charge in [-0.3, -0.25) is 4.79 Å². The Balaban J connectivity index is 2.97. The number of benzene rings is 1. The fourth-order valence-electron chi connectivity index (χ4n) is 1.15. The average Bonchev–Trinajstić information content (AvgIpc) is 2.15. The molecule has 0 saturated heterocycles. The second-order valence-corrected chi connectivity index (χ2v) is 3.10. The minimum absolute atomic E-state index is 0.160. The molecule has 0 aliphatic rings. The van der Waals surface area contributed by atoms with Crippen molar-refractivity contribution in [2.45, 2.75) is 0 Å². The molecule has 2 N–H and O–H groups in total.